The lowest BCUT2D eigenvalue weighted by molar-refractivity contribution is 0.411. The van der Waals surface area contributed by atoms with Gasteiger partial charge in [0, 0.05) is 30.4 Å². The average molecular weight is 399 g/mol. The number of aromatic nitrogens is 1. The lowest BCUT2D eigenvalue weighted by Crippen LogP contribution is -2.32. The van der Waals surface area contributed by atoms with E-state index in [0.717, 1.165) is 21.8 Å². The van der Waals surface area contributed by atoms with Crippen molar-refractivity contribution in [2.24, 2.45) is 0 Å². The molecule has 0 aliphatic heterocycles. The van der Waals surface area contributed by atoms with E-state index >= 15 is 0 Å². The third kappa shape index (κ3) is 4.23. The summed E-state index contributed by atoms with van der Waals surface area (Å²) in [5, 5.41) is 1.99. The Morgan fingerprint density at radius 2 is 2.04 bits per heavy atom. The highest BCUT2D eigenvalue weighted by Crippen LogP contribution is 2.29. The smallest absolute Gasteiger partial charge is 0.252 e. The summed E-state index contributed by atoms with van der Waals surface area (Å²) in [6, 6.07) is 10.8. The van der Waals surface area contributed by atoms with Gasteiger partial charge in [0.25, 0.3) is 10.0 Å². The van der Waals surface area contributed by atoms with Gasteiger partial charge in [0.15, 0.2) is 0 Å². The van der Waals surface area contributed by atoms with Crippen molar-refractivity contribution in [3.63, 3.8) is 0 Å². The Bertz CT molecular complexity index is 877. The maximum Gasteiger partial charge on any atom is 0.252 e. The van der Waals surface area contributed by atoms with E-state index in [2.05, 4.69) is 4.98 Å². The van der Waals surface area contributed by atoms with Gasteiger partial charge >= 0.3 is 0 Å². The number of pyridine rings is 1. The van der Waals surface area contributed by atoms with Gasteiger partial charge < -0.3 is 0 Å². The van der Waals surface area contributed by atoms with Crippen LogP contribution in [0, 0.1) is 0 Å². The Balaban J connectivity index is 1.85. The normalized spacial score (nSPS) is 11.9. The lowest BCUT2D eigenvalue weighted by atomic mass is 10.3. The highest BCUT2D eigenvalue weighted by molar-refractivity contribution is 7.91. The Morgan fingerprint density at radius 1 is 1.17 bits per heavy atom. The molecule has 0 spiro atoms. The van der Waals surface area contributed by atoms with Gasteiger partial charge in [-0.25, -0.2) is 8.42 Å². The van der Waals surface area contributed by atoms with E-state index < -0.39 is 10.0 Å². The van der Waals surface area contributed by atoms with E-state index in [-0.39, 0.29) is 10.8 Å². The Hall–Kier alpha value is -1.25. The minimum Gasteiger partial charge on any atom is -0.264 e. The zero-order chi connectivity index (χ0) is 17.0. The van der Waals surface area contributed by atoms with Crippen LogP contribution in [-0.2, 0) is 23.0 Å². The average Bonchev–Trinajstić information content (AvgIpc) is 3.24. The van der Waals surface area contributed by atoms with Crippen LogP contribution in [0.15, 0.2) is 58.4 Å². The molecule has 0 N–H and O–H groups in total. The van der Waals surface area contributed by atoms with Crippen LogP contribution in [0.1, 0.15) is 10.4 Å². The molecule has 3 aromatic heterocycles. The molecule has 0 atom stereocenters. The first-order chi connectivity index (χ1) is 11.6. The van der Waals surface area contributed by atoms with Crippen LogP contribution in [0.4, 0.5) is 0 Å². The standard InChI is InChI=1S/C16H15ClN2O2S3/c17-15-5-6-16(23-15)24(20,21)19(9-7-14-4-2-10-22-14)12-13-3-1-8-18-11-13/h1-6,8,10-11H,7,9,12H2. The van der Waals surface area contributed by atoms with Gasteiger partial charge in [-0.15, -0.1) is 22.7 Å². The summed E-state index contributed by atoms with van der Waals surface area (Å²) in [4.78, 5) is 5.23. The number of rotatable bonds is 7. The monoisotopic (exact) mass is 398 g/mol. The maximum atomic E-state index is 13.0. The van der Waals surface area contributed by atoms with Gasteiger partial charge in [-0.05, 0) is 41.6 Å². The van der Waals surface area contributed by atoms with Gasteiger partial charge in [-0.1, -0.05) is 23.7 Å². The van der Waals surface area contributed by atoms with Crippen LogP contribution >= 0.6 is 34.3 Å². The first kappa shape index (κ1) is 17.6. The van der Waals surface area contributed by atoms with Crippen molar-refractivity contribution in [2.45, 2.75) is 17.2 Å². The molecule has 0 unspecified atom stereocenters. The second-order valence-electron chi connectivity index (χ2n) is 5.09. The van der Waals surface area contributed by atoms with Gasteiger partial charge in [0.05, 0.1) is 4.34 Å². The van der Waals surface area contributed by atoms with Crippen molar-refractivity contribution in [3.8, 4) is 0 Å². The van der Waals surface area contributed by atoms with Crippen LogP contribution in [0.25, 0.3) is 0 Å². The van der Waals surface area contributed by atoms with Crippen molar-refractivity contribution in [1.29, 1.82) is 0 Å². The Labute approximate surface area is 154 Å². The zero-order valence-electron chi connectivity index (χ0n) is 12.6. The fourth-order valence-corrected chi connectivity index (χ4v) is 6.00. The summed E-state index contributed by atoms with van der Waals surface area (Å²) >= 11 is 8.63. The van der Waals surface area contributed by atoms with Crippen molar-refractivity contribution < 1.29 is 8.42 Å². The summed E-state index contributed by atoms with van der Waals surface area (Å²) < 4.78 is 28.2. The molecule has 126 valence electrons. The third-order valence-electron chi connectivity index (χ3n) is 3.41. The van der Waals surface area contributed by atoms with Gasteiger partial charge in [0.1, 0.15) is 4.21 Å². The molecule has 3 heterocycles. The van der Waals surface area contributed by atoms with E-state index in [9.17, 15) is 8.42 Å². The molecule has 3 aromatic rings. The molecule has 0 aliphatic carbocycles. The predicted molar refractivity (Wildman–Crippen MR) is 99.2 cm³/mol. The molecule has 0 bridgehead atoms. The number of sulfonamides is 1. The molecule has 8 heteroatoms. The van der Waals surface area contributed by atoms with Gasteiger partial charge in [-0.3, -0.25) is 4.98 Å². The lowest BCUT2D eigenvalue weighted by Gasteiger charge is -2.21. The molecule has 0 aliphatic rings. The fourth-order valence-electron chi connectivity index (χ4n) is 2.23. The highest BCUT2D eigenvalue weighted by atomic mass is 35.5. The number of hydrogen-bond donors (Lipinski definition) is 0. The second kappa shape index (κ2) is 7.76. The molecule has 0 fully saturated rings. The van der Waals surface area contributed by atoms with Crippen molar-refractivity contribution in [1.82, 2.24) is 9.29 Å². The maximum absolute atomic E-state index is 13.0. The summed E-state index contributed by atoms with van der Waals surface area (Å²) in [6.45, 7) is 0.699. The van der Waals surface area contributed by atoms with Crippen LogP contribution < -0.4 is 0 Å². The molecule has 0 saturated heterocycles. The van der Waals surface area contributed by atoms with E-state index in [4.69, 9.17) is 11.6 Å². The van der Waals surface area contributed by atoms with Crippen LogP contribution in [0.5, 0.6) is 0 Å². The molecule has 3 rings (SSSR count). The van der Waals surface area contributed by atoms with E-state index in [0.29, 0.717) is 17.3 Å². The number of hydrogen-bond acceptors (Lipinski definition) is 5. The summed E-state index contributed by atoms with van der Waals surface area (Å²) in [6.07, 6.45) is 4.04. The van der Waals surface area contributed by atoms with Crippen molar-refractivity contribution in [3.05, 3.63) is 68.9 Å². The van der Waals surface area contributed by atoms with Crippen molar-refractivity contribution in [2.75, 3.05) is 6.54 Å². The Kier molecular flexibility index (Phi) is 5.68. The molecular formula is C16H15ClN2O2S3. The molecule has 0 aromatic carbocycles. The quantitative estimate of drug-likeness (QED) is 0.596. The summed E-state index contributed by atoms with van der Waals surface area (Å²) in [7, 11) is -3.59. The van der Waals surface area contributed by atoms with E-state index in [1.165, 1.54) is 4.31 Å². The van der Waals surface area contributed by atoms with E-state index in [1.807, 2.05) is 23.6 Å². The van der Waals surface area contributed by atoms with Crippen LogP contribution in [-0.4, -0.2) is 24.3 Å². The first-order valence-corrected chi connectivity index (χ1v) is 10.7. The van der Waals surface area contributed by atoms with E-state index in [1.54, 1.807) is 41.9 Å². The van der Waals surface area contributed by atoms with Gasteiger partial charge in [0.2, 0.25) is 0 Å². The number of nitrogens with zero attached hydrogens (tertiary/aromatic N) is 2. The predicted octanol–water partition coefficient (Wildman–Crippen LogP) is 4.29. The Morgan fingerprint density at radius 3 is 2.67 bits per heavy atom. The topological polar surface area (TPSA) is 50.3 Å². The largest absolute Gasteiger partial charge is 0.264 e. The number of thiophene rings is 2. The van der Waals surface area contributed by atoms with Crippen molar-refractivity contribution >= 4 is 44.3 Å². The fraction of sp³-hybridized carbons (Fsp3) is 0.188. The second-order valence-corrected chi connectivity index (χ2v) is 10.00. The first-order valence-electron chi connectivity index (χ1n) is 7.22. The van der Waals surface area contributed by atoms with Crippen LogP contribution in [0.3, 0.4) is 0 Å². The molecule has 24 heavy (non-hydrogen) atoms. The number of halogens is 1. The molecule has 0 amide bonds. The molecule has 0 radical (unpaired) electrons. The molecule has 4 nitrogen and oxygen atoms in total. The van der Waals surface area contributed by atoms with Crippen LogP contribution in [0.2, 0.25) is 4.34 Å². The summed E-state index contributed by atoms with van der Waals surface area (Å²) in [5.74, 6) is 0. The molecular weight excluding hydrogens is 384 g/mol. The third-order valence-corrected chi connectivity index (χ3v) is 7.89. The minimum atomic E-state index is -3.59. The SMILES string of the molecule is O=S(=O)(c1ccc(Cl)s1)N(CCc1cccs1)Cc1cccnc1. The summed E-state index contributed by atoms with van der Waals surface area (Å²) in [5.41, 5.74) is 0.856. The van der Waals surface area contributed by atoms with Gasteiger partial charge in [-0.2, -0.15) is 4.31 Å². The highest BCUT2D eigenvalue weighted by Gasteiger charge is 2.26. The zero-order valence-corrected chi connectivity index (χ0v) is 15.8. The minimum absolute atomic E-state index is 0.266. The molecule has 0 saturated carbocycles.